The lowest BCUT2D eigenvalue weighted by atomic mass is 9.98. The van der Waals surface area contributed by atoms with Gasteiger partial charge in [0.15, 0.2) is 0 Å². The Morgan fingerprint density at radius 3 is 2.92 bits per heavy atom. The van der Waals surface area contributed by atoms with E-state index >= 15 is 0 Å². The number of ether oxygens (including phenoxy) is 2. The molecule has 0 saturated carbocycles. The van der Waals surface area contributed by atoms with Gasteiger partial charge in [-0.3, -0.25) is 4.79 Å². The molecule has 2 aromatic carbocycles. The summed E-state index contributed by atoms with van der Waals surface area (Å²) in [6.45, 7) is 3.27. The summed E-state index contributed by atoms with van der Waals surface area (Å²) in [5, 5.41) is 12.0. The van der Waals surface area contributed by atoms with Gasteiger partial charge in [-0.05, 0) is 42.2 Å². The summed E-state index contributed by atoms with van der Waals surface area (Å²) in [6, 6.07) is 15.7. The fourth-order valence-corrected chi connectivity index (χ4v) is 3.22. The predicted molar refractivity (Wildman–Crippen MR) is 100 cm³/mol. The second-order valence-electron chi connectivity index (χ2n) is 6.47. The van der Waals surface area contributed by atoms with Crippen LogP contribution < -0.4 is 5.32 Å². The molecule has 3 rings (SSSR count). The molecular weight excluding hydrogens is 330 g/mol. The number of amides is 1. The van der Waals surface area contributed by atoms with E-state index in [-0.39, 0.29) is 31.3 Å². The molecule has 2 N–H and O–H groups in total. The Morgan fingerprint density at radius 2 is 2.12 bits per heavy atom. The van der Waals surface area contributed by atoms with Crippen molar-refractivity contribution in [1.82, 2.24) is 5.32 Å². The van der Waals surface area contributed by atoms with Crippen molar-refractivity contribution in [3.63, 3.8) is 0 Å². The summed E-state index contributed by atoms with van der Waals surface area (Å²) in [5.41, 5.74) is 3.94. The first kappa shape index (κ1) is 18.6. The van der Waals surface area contributed by atoms with Crippen LogP contribution in [0, 0.1) is 6.92 Å². The number of rotatable bonds is 6. The zero-order chi connectivity index (χ0) is 18.4. The van der Waals surface area contributed by atoms with Crippen LogP contribution in [0.4, 0.5) is 0 Å². The number of hydrogen-bond donors (Lipinski definition) is 2. The van der Waals surface area contributed by atoms with Gasteiger partial charge in [-0.25, -0.2) is 0 Å². The third-order valence-electron chi connectivity index (χ3n) is 4.62. The van der Waals surface area contributed by atoms with E-state index in [2.05, 4.69) is 24.4 Å². The zero-order valence-electron chi connectivity index (χ0n) is 15.0. The van der Waals surface area contributed by atoms with E-state index in [1.54, 1.807) is 0 Å². The highest BCUT2D eigenvalue weighted by molar-refractivity contribution is 5.95. The molecule has 5 heteroatoms. The molecule has 0 bridgehead atoms. The third kappa shape index (κ3) is 4.49. The molecule has 0 aromatic heterocycles. The lowest BCUT2D eigenvalue weighted by Crippen LogP contribution is -2.50. The van der Waals surface area contributed by atoms with Gasteiger partial charge in [-0.2, -0.15) is 0 Å². The number of hydrogen-bond acceptors (Lipinski definition) is 4. The molecule has 0 unspecified atom stereocenters. The molecule has 1 fully saturated rings. The molecule has 0 radical (unpaired) electrons. The van der Waals surface area contributed by atoms with Crippen LogP contribution in [0.3, 0.4) is 0 Å². The summed E-state index contributed by atoms with van der Waals surface area (Å²) in [6.07, 6.45) is 0.457. The molecular formula is C21H25NO4. The maximum Gasteiger partial charge on any atom is 0.251 e. The molecule has 1 heterocycles. The number of benzene rings is 2. The Bertz CT molecular complexity index is 746. The van der Waals surface area contributed by atoms with Gasteiger partial charge in [0.1, 0.15) is 6.10 Å². The van der Waals surface area contributed by atoms with E-state index in [1.807, 2.05) is 36.4 Å². The van der Waals surface area contributed by atoms with Crippen LogP contribution in [0.2, 0.25) is 0 Å². The van der Waals surface area contributed by atoms with E-state index < -0.39 is 0 Å². The van der Waals surface area contributed by atoms with Crippen LogP contribution in [0.5, 0.6) is 0 Å². The number of aliphatic hydroxyl groups is 1. The normalized spacial score (nSPS) is 19.9. The smallest absolute Gasteiger partial charge is 0.251 e. The number of nitrogens with one attached hydrogen (secondary N) is 1. The van der Waals surface area contributed by atoms with Crippen LogP contribution in [0.25, 0.3) is 11.1 Å². The highest BCUT2D eigenvalue weighted by atomic mass is 16.5. The Hall–Kier alpha value is -2.21. The van der Waals surface area contributed by atoms with Crippen molar-refractivity contribution in [2.75, 3.05) is 26.4 Å². The fourth-order valence-electron chi connectivity index (χ4n) is 3.22. The number of aryl methyl sites for hydroxylation is 1. The molecule has 26 heavy (non-hydrogen) atoms. The fraction of sp³-hybridized carbons (Fsp3) is 0.381. The monoisotopic (exact) mass is 355 g/mol. The predicted octanol–water partition coefficient (Wildman–Crippen LogP) is 2.56. The van der Waals surface area contributed by atoms with Crippen molar-refractivity contribution in [3.05, 3.63) is 59.7 Å². The summed E-state index contributed by atoms with van der Waals surface area (Å²) in [4.78, 5) is 12.7. The molecule has 1 saturated heterocycles. The number of carbonyl (C=O) groups is 1. The van der Waals surface area contributed by atoms with Gasteiger partial charge in [0.05, 0.1) is 25.9 Å². The van der Waals surface area contributed by atoms with Crippen LogP contribution >= 0.6 is 0 Å². The molecule has 1 aliphatic heterocycles. The van der Waals surface area contributed by atoms with Crippen LogP contribution in [-0.2, 0) is 9.47 Å². The van der Waals surface area contributed by atoms with Crippen LogP contribution in [0.1, 0.15) is 22.3 Å². The van der Waals surface area contributed by atoms with E-state index in [0.717, 1.165) is 11.1 Å². The van der Waals surface area contributed by atoms with Gasteiger partial charge >= 0.3 is 0 Å². The van der Waals surface area contributed by atoms with Gasteiger partial charge in [0.25, 0.3) is 5.91 Å². The molecule has 0 aliphatic carbocycles. The minimum absolute atomic E-state index is 0.0460. The highest BCUT2D eigenvalue weighted by Crippen LogP contribution is 2.24. The van der Waals surface area contributed by atoms with Gasteiger partial charge in [0, 0.05) is 12.2 Å². The Balaban J connectivity index is 1.73. The van der Waals surface area contributed by atoms with Gasteiger partial charge in [0.2, 0.25) is 0 Å². The molecule has 1 aliphatic rings. The molecule has 5 nitrogen and oxygen atoms in total. The van der Waals surface area contributed by atoms with Crippen molar-refractivity contribution in [1.29, 1.82) is 0 Å². The van der Waals surface area contributed by atoms with Crippen LogP contribution in [-0.4, -0.2) is 49.6 Å². The Labute approximate surface area is 153 Å². The van der Waals surface area contributed by atoms with E-state index in [9.17, 15) is 4.79 Å². The average molecular weight is 355 g/mol. The third-order valence-corrected chi connectivity index (χ3v) is 4.62. The second-order valence-corrected chi connectivity index (χ2v) is 6.47. The summed E-state index contributed by atoms with van der Waals surface area (Å²) < 4.78 is 11.0. The Morgan fingerprint density at radius 1 is 1.27 bits per heavy atom. The summed E-state index contributed by atoms with van der Waals surface area (Å²) >= 11 is 0. The molecule has 138 valence electrons. The molecule has 0 spiro atoms. The van der Waals surface area contributed by atoms with E-state index in [0.29, 0.717) is 25.2 Å². The van der Waals surface area contributed by atoms with Crippen LogP contribution in [0.15, 0.2) is 48.5 Å². The van der Waals surface area contributed by atoms with Crippen molar-refractivity contribution >= 4 is 5.91 Å². The maximum atomic E-state index is 12.7. The first-order valence-electron chi connectivity index (χ1n) is 8.96. The second kappa shape index (κ2) is 8.94. The number of aliphatic hydroxyl groups excluding tert-OH is 1. The quantitative estimate of drug-likeness (QED) is 0.836. The summed E-state index contributed by atoms with van der Waals surface area (Å²) in [5.74, 6) is -0.120. The molecule has 1 amide bonds. The zero-order valence-corrected chi connectivity index (χ0v) is 15.0. The summed E-state index contributed by atoms with van der Waals surface area (Å²) in [7, 11) is 0. The largest absolute Gasteiger partial charge is 0.394 e. The first-order valence-corrected chi connectivity index (χ1v) is 8.96. The highest BCUT2D eigenvalue weighted by Gasteiger charge is 2.28. The molecule has 2 atom stereocenters. The van der Waals surface area contributed by atoms with Gasteiger partial charge in [-0.1, -0.05) is 36.4 Å². The van der Waals surface area contributed by atoms with Crippen molar-refractivity contribution in [2.45, 2.75) is 25.5 Å². The van der Waals surface area contributed by atoms with Crippen molar-refractivity contribution < 1.29 is 19.4 Å². The topological polar surface area (TPSA) is 67.8 Å². The SMILES string of the molecule is Cc1ccccc1-c1cccc(C(=O)N[C@@H]2CCOC[C@H]2OCCO)c1. The molecule has 2 aromatic rings. The van der Waals surface area contributed by atoms with Crippen molar-refractivity contribution in [2.24, 2.45) is 0 Å². The average Bonchev–Trinajstić information content (AvgIpc) is 2.68. The standard InChI is InChI=1S/C21H25NO4/c1-15-5-2-3-8-18(15)16-6-4-7-17(13-16)21(24)22-19-9-11-25-14-20(19)26-12-10-23/h2-8,13,19-20,23H,9-12,14H2,1H3,(H,22,24)/t19-,20-/m1/s1. The maximum absolute atomic E-state index is 12.7. The Kier molecular flexibility index (Phi) is 6.39. The van der Waals surface area contributed by atoms with E-state index in [1.165, 1.54) is 5.56 Å². The van der Waals surface area contributed by atoms with Gasteiger partial charge < -0.3 is 19.9 Å². The lowest BCUT2D eigenvalue weighted by Gasteiger charge is -2.32. The number of carbonyl (C=O) groups excluding carboxylic acids is 1. The van der Waals surface area contributed by atoms with Gasteiger partial charge in [-0.15, -0.1) is 0 Å². The lowest BCUT2D eigenvalue weighted by molar-refractivity contribution is -0.0737. The first-order chi connectivity index (χ1) is 12.7. The minimum Gasteiger partial charge on any atom is -0.394 e. The van der Waals surface area contributed by atoms with E-state index in [4.69, 9.17) is 14.6 Å². The van der Waals surface area contributed by atoms with Crippen molar-refractivity contribution in [3.8, 4) is 11.1 Å². The minimum atomic E-state index is -0.237.